The molecule has 0 N–H and O–H groups in total. The fourth-order valence-corrected chi connectivity index (χ4v) is 2.49. The maximum Gasteiger partial charge on any atom is 0.221 e. The van der Waals surface area contributed by atoms with Crippen LogP contribution in [0.5, 0.6) is 5.88 Å². The number of pyridine rings is 1. The van der Waals surface area contributed by atoms with Gasteiger partial charge in [-0.25, -0.2) is 4.98 Å². The average molecular weight is 325 g/mol. The number of nitriles is 1. The molecule has 0 aliphatic heterocycles. The molecule has 0 atom stereocenters. The van der Waals surface area contributed by atoms with Crippen molar-refractivity contribution >= 4 is 11.6 Å². The van der Waals surface area contributed by atoms with Gasteiger partial charge in [0.05, 0.1) is 25.4 Å². The third-order valence-corrected chi connectivity index (χ3v) is 3.58. The normalized spacial score (nSPS) is 10.3. The number of hydrogen-bond donors (Lipinski definition) is 0. The van der Waals surface area contributed by atoms with Crippen LogP contribution in [0.3, 0.4) is 0 Å². The second kappa shape index (κ2) is 6.51. The summed E-state index contributed by atoms with van der Waals surface area (Å²) in [6, 6.07) is 11.6. The van der Waals surface area contributed by atoms with E-state index < -0.39 is 0 Å². The maximum absolute atomic E-state index is 8.86. The molecule has 0 amide bonds. The molecule has 3 rings (SSSR count). The Balaban J connectivity index is 1.97. The van der Waals surface area contributed by atoms with Crippen molar-refractivity contribution in [3.63, 3.8) is 0 Å². The Bertz CT molecular complexity index is 882. The van der Waals surface area contributed by atoms with E-state index in [2.05, 4.69) is 16.2 Å². The summed E-state index contributed by atoms with van der Waals surface area (Å²) in [5.41, 5.74) is 3.27. The maximum atomic E-state index is 8.86. The van der Waals surface area contributed by atoms with Crippen LogP contribution in [-0.2, 0) is 6.54 Å². The van der Waals surface area contributed by atoms with Crippen LogP contribution in [0.4, 0.5) is 0 Å². The van der Waals surface area contributed by atoms with Gasteiger partial charge in [0.15, 0.2) is 0 Å². The Morgan fingerprint density at radius 3 is 2.87 bits per heavy atom. The van der Waals surface area contributed by atoms with E-state index in [-0.39, 0.29) is 0 Å². The van der Waals surface area contributed by atoms with Crippen LogP contribution < -0.4 is 4.74 Å². The largest absolute Gasteiger partial charge is 0.481 e. The van der Waals surface area contributed by atoms with Crippen molar-refractivity contribution in [1.82, 2.24) is 14.8 Å². The van der Waals surface area contributed by atoms with Crippen molar-refractivity contribution in [2.75, 3.05) is 7.11 Å². The minimum atomic E-state index is 0.520. The van der Waals surface area contributed by atoms with Crippen molar-refractivity contribution in [3.8, 4) is 23.1 Å². The molecule has 2 aromatic heterocycles. The second-order valence-corrected chi connectivity index (χ2v) is 5.39. The minimum absolute atomic E-state index is 0.520. The molecule has 0 fully saturated rings. The van der Waals surface area contributed by atoms with Gasteiger partial charge in [-0.3, -0.25) is 4.68 Å². The van der Waals surface area contributed by atoms with Crippen LogP contribution in [0.15, 0.2) is 48.9 Å². The van der Waals surface area contributed by atoms with Gasteiger partial charge in [-0.15, -0.1) is 0 Å². The summed E-state index contributed by atoms with van der Waals surface area (Å²) in [5.74, 6) is 0.536. The molecule has 3 aromatic rings. The molecule has 0 saturated carbocycles. The smallest absolute Gasteiger partial charge is 0.221 e. The van der Waals surface area contributed by atoms with Gasteiger partial charge in [0.2, 0.25) is 5.88 Å². The highest BCUT2D eigenvalue weighted by atomic mass is 35.5. The molecule has 0 spiro atoms. The van der Waals surface area contributed by atoms with Crippen molar-refractivity contribution < 1.29 is 4.74 Å². The number of rotatable bonds is 4. The SMILES string of the molecule is COc1ncc(Cn2cc(C#N)cn2)cc1-c1cccc(Cl)c1. The van der Waals surface area contributed by atoms with Crippen molar-refractivity contribution in [1.29, 1.82) is 5.26 Å². The predicted octanol–water partition coefficient (Wildman–Crippen LogP) is 3.53. The third kappa shape index (κ3) is 3.33. The lowest BCUT2D eigenvalue weighted by Crippen LogP contribution is -2.02. The van der Waals surface area contributed by atoms with Gasteiger partial charge in [-0.2, -0.15) is 10.4 Å². The summed E-state index contributed by atoms with van der Waals surface area (Å²) in [5, 5.41) is 13.7. The second-order valence-electron chi connectivity index (χ2n) is 4.95. The van der Waals surface area contributed by atoms with Gasteiger partial charge in [0.1, 0.15) is 6.07 Å². The van der Waals surface area contributed by atoms with Crippen molar-refractivity contribution in [2.24, 2.45) is 0 Å². The monoisotopic (exact) mass is 324 g/mol. The number of nitrogens with zero attached hydrogens (tertiary/aromatic N) is 4. The summed E-state index contributed by atoms with van der Waals surface area (Å²) < 4.78 is 7.04. The molecular weight excluding hydrogens is 312 g/mol. The van der Waals surface area contributed by atoms with Crippen LogP contribution in [-0.4, -0.2) is 21.9 Å². The zero-order valence-electron chi connectivity index (χ0n) is 12.4. The summed E-state index contributed by atoms with van der Waals surface area (Å²) in [7, 11) is 1.59. The first-order chi connectivity index (χ1) is 11.2. The number of hydrogen-bond acceptors (Lipinski definition) is 4. The molecule has 0 aliphatic rings. The molecule has 0 unspecified atom stereocenters. The van der Waals surface area contributed by atoms with Gasteiger partial charge in [0, 0.05) is 23.0 Å². The van der Waals surface area contributed by atoms with E-state index in [1.165, 1.54) is 6.20 Å². The highest BCUT2D eigenvalue weighted by Crippen LogP contribution is 2.30. The van der Waals surface area contributed by atoms with Gasteiger partial charge in [-0.1, -0.05) is 23.7 Å². The number of aromatic nitrogens is 3. The molecule has 0 aliphatic carbocycles. The number of benzene rings is 1. The summed E-state index contributed by atoms with van der Waals surface area (Å²) in [6.07, 6.45) is 4.97. The van der Waals surface area contributed by atoms with E-state index in [4.69, 9.17) is 21.6 Å². The van der Waals surface area contributed by atoms with Gasteiger partial charge in [-0.05, 0) is 29.3 Å². The Morgan fingerprint density at radius 2 is 2.17 bits per heavy atom. The van der Waals surface area contributed by atoms with Gasteiger partial charge < -0.3 is 4.74 Å². The number of halogens is 1. The molecule has 1 aromatic carbocycles. The van der Waals surface area contributed by atoms with Gasteiger partial charge >= 0.3 is 0 Å². The van der Waals surface area contributed by atoms with E-state index in [0.29, 0.717) is 23.0 Å². The molecule has 0 bridgehead atoms. The van der Waals surface area contributed by atoms with E-state index in [1.54, 1.807) is 24.2 Å². The Kier molecular flexibility index (Phi) is 4.26. The predicted molar refractivity (Wildman–Crippen MR) is 87.3 cm³/mol. The van der Waals surface area contributed by atoms with E-state index in [0.717, 1.165) is 16.7 Å². The first-order valence-electron chi connectivity index (χ1n) is 6.91. The molecule has 23 heavy (non-hydrogen) atoms. The topological polar surface area (TPSA) is 63.7 Å². The van der Waals surface area contributed by atoms with Crippen LogP contribution in [0.1, 0.15) is 11.1 Å². The van der Waals surface area contributed by atoms with E-state index in [9.17, 15) is 0 Å². The summed E-state index contributed by atoms with van der Waals surface area (Å²) in [4.78, 5) is 4.35. The lowest BCUT2D eigenvalue weighted by Gasteiger charge is -2.10. The number of ether oxygens (including phenoxy) is 1. The molecule has 0 radical (unpaired) electrons. The van der Waals surface area contributed by atoms with Gasteiger partial charge in [0.25, 0.3) is 0 Å². The first kappa shape index (κ1) is 15.1. The Labute approximate surface area is 138 Å². The minimum Gasteiger partial charge on any atom is -0.481 e. The number of methoxy groups -OCH3 is 1. The molecular formula is C17H13ClN4O. The van der Waals surface area contributed by atoms with Crippen LogP contribution >= 0.6 is 11.6 Å². The van der Waals surface area contributed by atoms with E-state index >= 15 is 0 Å². The van der Waals surface area contributed by atoms with Crippen molar-refractivity contribution in [3.05, 3.63) is 65.1 Å². The molecule has 5 nitrogen and oxygen atoms in total. The van der Waals surface area contributed by atoms with Crippen molar-refractivity contribution in [2.45, 2.75) is 6.54 Å². The fraction of sp³-hybridized carbons (Fsp3) is 0.118. The molecule has 114 valence electrons. The van der Waals surface area contributed by atoms with Crippen LogP contribution in [0.25, 0.3) is 11.1 Å². The van der Waals surface area contributed by atoms with Crippen LogP contribution in [0, 0.1) is 11.3 Å². The third-order valence-electron chi connectivity index (χ3n) is 3.34. The Morgan fingerprint density at radius 1 is 1.30 bits per heavy atom. The first-order valence-corrected chi connectivity index (χ1v) is 7.29. The van der Waals surface area contributed by atoms with Crippen LogP contribution in [0.2, 0.25) is 5.02 Å². The zero-order chi connectivity index (χ0) is 16.2. The lowest BCUT2D eigenvalue weighted by molar-refractivity contribution is 0.399. The molecule has 2 heterocycles. The van der Waals surface area contributed by atoms with E-state index in [1.807, 2.05) is 30.3 Å². The average Bonchev–Trinajstić information content (AvgIpc) is 3.02. The standard InChI is InChI=1S/C17H13ClN4O/c1-23-17-16(14-3-2-4-15(18)6-14)5-12(8-20-17)10-22-11-13(7-19)9-21-22/h2-6,8-9,11H,10H2,1H3. The highest BCUT2D eigenvalue weighted by Gasteiger charge is 2.10. The fourth-order valence-electron chi connectivity index (χ4n) is 2.30. The Hall–Kier alpha value is -2.84. The molecule has 0 saturated heterocycles. The summed E-state index contributed by atoms with van der Waals surface area (Å²) in [6.45, 7) is 0.520. The zero-order valence-corrected chi connectivity index (χ0v) is 13.2. The highest BCUT2D eigenvalue weighted by molar-refractivity contribution is 6.30. The molecule has 6 heteroatoms. The summed E-state index contributed by atoms with van der Waals surface area (Å²) >= 11 is 6.07. The lowest BCUT2D eigenvalue weighted by atomic mass is 10.1. The quantitative estimate of drug-likeness (QED) is 0.736.